The molecule has 0 amide bonds. The molecule has 0 aliphatic carbocycles. The van der Waals surface area contributed by atoms with Gasteiger partial charge in [0, 0.05) is 55.9 Å². The van der Waals surface area contributed by atoms with Crippen molar-refractivity contribution in [2.75, 3.05) is 7.11 Å². The van der Waals surface area contributed by atoms with E-state index in [9.17, 15) is 24.0 Å². The van der Waals surface area contributed by atoms with Crippen LogP contribution in [-0.4, -0.2) is 38.0 Å². The van der Waals surface area contributed by atoms with E-state index in [-0.39, 0.29) is 46.8 Å². The molecule has 0 aliphatic rings. The Morgan fingerprint density at radius 2 is 1.95 bits per heavy atom. The van der Waals surface area contributed by atoms with Crippen molar-refractivity contribution in [1.82, 2.24) is 19.3 Å². The number of nitrogens with zero attached hydrogens (tertiary/aromatic N) is 5. The van der Waals surface area contributed by atoms with Gasteiger partial charge in [-0.25, -0.2) is 4.39 Å². The highest BCUT2D eigenvalue weighted by Gasteiger charge is 2.25. The first kappa shape index (κ1) is 27.1. The van der Waals surface area contributed by atoms with Gasteiger partial charge < -0.3 is 9.30 Å². The van der Waals surface area contributed by atoms with Gasteiger partial charge in [-0.15, -0.1) is 0 Å². The fraction of sp³-hybridized carbons (Fsp3) is 0.241. The van der Waals surface area contributed by atoms with E-state index in [0.717, 1.165) is 12.1 Å². The van der Waals surface area contributed by atoms with Gasteiger partial charge in [0.05, 0.1) is 30.6 Å². The lowest BCUT2D eigenvalue weighted by atomic mass is 9.98. The number of benzene rings is 1. The Hall–Kier alpha value is -4.91. The summed E-state index contributed by atoms with van der Waals surface area (Å²) in [5.41, 5.74) is 1.60. The third-order valence-electron chi connectivity index (χ3n) is 6.34. The largest absolute Gasteiger partial charge is 0.495 e. The number of hydrogen-bond donors (Lipinski definition) is 0. The number of Topliss-reactive ketones (excluding diaryl/α,β-unsaturated/α-hetero) is 2. The van der Waals surface area contributed by atoms with Crippen molar-refractivity contribution in [1.29, 1.82) is 5.26 Å². The van der Waals surface area contributed by atoms with Gasteiger partial charge in [0.1, 0.15) is 23.3 Å². The van der Waals surface area contributed by atoms with Crippen LogP contribution in [0.5, 0.6) is 5.75 Å². The number of carbonyl (C=O) groups is 2. The molecule has 3 aromatic heterocycles. The molecule has 0 saturated carbocycles. The molecule has 3 heterocycles. The van der Waals surface area contributed by atoms with Gasteiger partial charge >= 0.3 is 0 Å². The Labute approximate surface area is 224 Å². The molecule has 1 unspecified atom stereocenters. The fourth-order valence-corrected chi connectivity index (χ4v) is 4.31. The minimum atomic E-state index is -0.949. The van der Waals surface area contributed by atoms with E-state index in [1.807, 2.05) is 6.07 Å². The van der Waals surface area contributed by atoms with Crippen LogP contribution >= 0.6 is 0 Å². The molecular formula is C29H26FN5O4. The first-order valence-corrected chi connectivity index (χ1v) is 12.2. The monoisotopic (exact) mass is 527 g/mol. The quantitative estimate of drug-likeness (QED) is 0.287. The number of halogens is 1. The number of nitriles is 1. The summed E-state index contributed by atoms with van der Waals surface area (Å²) in [6, 6.07) is 11.0. The van der Waals surface area contributed by atoms with Crippen LogP contribution in [0.2, 0.25) is 0 Å². The van der Waals surface area contributed by atoms with E-state index in [2.05, 4.69) is 10.1 Å². The summed E-state index contributed by atoms with van der Waals surface area (Å²) in [5.74, 6) is -0.756. The summed E-state index contributed by atoms with van der Waals surface area (Å²) >= 11 is 0. The van der Waals surface area contributed by atoms with Gasteiger partial charge in [-0.3, -0.25) is 24.0 Å². The van der Waals surface area contributed by atoms with Gasteiger partial charge in [-0.05, 0) is 35.9 Å². The molecule has 0 N–H and O–H groups in total. The molecule has 9 nitrogen and oxygen atoms in total. The normalized spacial score (nSPS) is 11.6. The predicted molar refractivity (Wildman–Crippen MR) is 141 cm³/mol. The SMILES string of the molecule is CCC(=O)c1ccc(CC(=O)C(Cc2ccn(C)n2)n2cc(OC)c(-c3cc(F)ccc3C#N)cc2=O)cn1. The van der Waals surface area contributed by atoms with Crippen LogP contribution in [0.25, 0.3) is 11.1 Å². The first-order chi connectivity index (χ1) is 18.7. The maximum Gasteiger partial charge on any atom is 0.252 e. The van der Waals surface area contributed by atoms with Gasteiger partial charge in [0.25, 0.3) is 5.56 Å². The van der Waals surface area contributed by atoms with E-state index >= 15 is 0 Å². The molecule has 0 aliphatic heterocycles. The standard InChI is InChI=1S/C29H26FN5O4/c1-4-26(36)24-8-5-18(16-32-24)11-27(37)25(13-21-9-10-34(2)33-21)35-17-28(39-3)23(14-29(35)38)22-12-20(30)7-6-19(22)15-31/h5-10,12,14,16-17,25H,4,11,13H2,1-3H3. The average molecular weight is 528 g/mol. The minimum absolute atomic E-state index is 0.0376. The molecule has 4 aromatic rings. The van der Waals surface area contributed by atoms with Gasteiger partial charge in [-0.2, -0.15) is 10.4 Å². The molecular weight excluding hydrogens is 501 g/mol. The number of ether oxygens (including phenoxy) is 1. The van der Waals surface area contributed by atoms with Crippen molar-refractivity contribution < 1.29 is 18.7 Å². The van der Waals surface area contributed by atoms with Crippen molar-refractivity contribution in [3.8, 4) is 22.9 Å². The average Bonchev–Trinajstić information content (AvgIpc) is 3.36. The van der Waals surface area contributed by atoms with Crippen molar-refractivity contribution in [3.63, 3.8) is 0 Å². The van der Waals surface area contributed by atoms with Crippen LogP contribution in [0.4, 0.5) is 4.39 Å². The Kier molecular flexibility index (Phi) is 8.10. The Morgan fingerprint density at radius 1 is 1.15 bits per heavy atom. The Bertz CT molecular complexity index is 1630. The number of ketones is 2. The zero-order chi connectivity index (χ0) is 28.1. The van der Waals surface area contributed by atoms with Gasteiger partial charge in [0.2, 0.25) is 0 Å². The lowest BCUT2D eigenvalue weighted by Gasteiger charge is -2.20. The highest BCUT2D eigenvalue weighted by Crippen LogP contribution is 2.32. The molecule has 1 aromatic carbocycles. The van der Waals surface area contributed by atoms with E-state index in [1.165, 1.54) is 36.2 Å². The summed E-state index contributed by atoms with van der Waals surface area (Å²) < 4.78 is 22.4. The molecule has 10 heteroatoms. The topological polar surface area (TPSA) is 120 Å². The fourth-order valence-electron chi connectivity index (χ4n) is 4.31. The second-order valence-corrected chi connectivity index (χ2v) is 8.97. The molecule has 0 saturated heterocycles. The van der Waals surface area contributed by atoms with E-state index in [0.29, 0.717) is 23.4 Å². The number of pyridine rings is 2. The number of carbonyl (C=O) groups excluding carboxylic acids is 2. The number of aromatic nitrogens is 4. The van der Waals surface area contributed by atoms with Crippen molar-refractivity contribution >= 4 is 11.6 Å². The molecule has 0 bridgehead atoms. The maximum atomic E-state index is 14.0. The third kappa shape index (κ3) is 5.99. The lowest BCUT2D eigenvalue weighted by molar-refractivity contribution is -0.121. The van der Waals surface area contributed by atoms with Crippen LogP contribution in [-0.2, 0) is 24.7 Å². The summed E-state index contributed by atoms with van der Waals surface area (Å²) in [4.78, 5) is 43.1. The smallest absolute Gasteiger partial charge is 0.252 e. The predicted octanol–water partition coefficient (Wildman–Crippen LogP) is 3.85. The molecule has 198 valence electrons. The number of aryl methyl sites for hydroxylation is 1. The summed E-state index contributed by atoms with van der Waals surface area (Å²) in [6.45, 7) is 1.75. The zero-order valence-electron chi connectivity index (χ0n) is 21.7. The molecule has 0 fully saturated rings. The van der Waals surface area contributed by atoms with Crippen LogP contribution in [0.3, 0.4) is 0 Å². The number of methoxy groups -OCH3 is 1. The van der Waals surface area contributed by atoms with E-state index < -0.39 is 17.4 Å². The molecule has 4 rings (SSSR count). The second-order valence-electron chi connectivity index (χ2n) is 8.97. The number of rotatable bonds is 10. The summed E-state index contributed by atoms with van der Waals surface area (Å²) in [5, 5.41) is 13.9. The van der Waals surface area contributed by atoms with E-state index in [4.69, 9.17) is 4.74 Å². The first-order valence-electron chi connectivity index (χ1n) is 12.2. The van der Waals surface area contributed by atoms with Crippen LogP contribution < -0.4 is 10.3 Å². The zero-order valence-corrected chi connectivity index (χ0v) is 21.7. The Morgan fingerprint density at radius 3 is 2.56 bits per heavy atom. The summed E-state index contributed by atoms with van der Waals surface area (Å²) in [7, 11) is 3.14. The molecule has 0 radical (unpaired) electrons. The van der Waals surface area contributed by atoms with Crippen molar-refractivity contribution in [3.05, 3.63) is 99.7 Å². The second kappa shape index (κ2) is 11.6. The third-order valence-corrected chi connectivity index (χ3v) is 6.34. The minimum Gasteiger partial charge on any atom is -0.495 e. The Balaban J connectivity index is 1.76. The van der Waals surface area contributed by atoms with E-state index in [1.54, 1.807) is 43.0 Å². The van der Waals surface area contributed by atoms with Crippen molar-refractivity contribution in [2.24, 2.45) is 7.05 Å². The molecule has 39 heavy (non-hydrogen) atoms. The van der Waals surface area contributed by atoms with Gasteiger partial charge in [0.15, 0.2) is 11.6 Å². The van der Waals surface area contributed by atoms with Crippen molar-refractivity contribution in [2.45, 2.75) is 32.2 Å². The van der Waals surface area contributed by atoms with Gasteiger partial charge in [-0.1, -0.05) is 13.0 Å². The van der Waals surface area contributed by atoms with Crippen LogP contribution in [0.1, 0.15) is 46.7 Å². The number of hydrogen-bond acceptors (Lipinski definition) is 7. The molecule has 1 atom stereocenters. The molecule has 0 spiro atoms. The highest BCUT2D eigenvalue weighted by atomic mass is 19.1. The van der Waals surface area contributed by atoms with Crippen LogP contribution in [0.15, 0.2) is 65.8 Å². The van der Waals surface area contributed by atoms with Crippen LogP contribution in [0, 0.1) is 17.1 Å². The lowest BCUT2D eigenvalue weighted by Crippen LogP contribution is -2.32. The summed E-state index contributed by atoms with van der Waals surface area (Å²) in [6.07, 6.45) is 5.04. The highest BCUT2D eigenvalue weighted by molar-refractivity contribution is 5.94. The maximum absolute atomic E-state index is 14.0.